The van der Waals surface area contributed by atoms with Crippen molar-refractivity contribution in [3.05, 3.63) is 84.9 Å². The number of aromatic nitrogens is 1. The first-order valence-corrected chi connectivity index (χ1v) is 12.1. The van der Waals surface area contributed by atoms with Crippen LogP contribution >= 0.6 is 11.3 Å². The number of nitrogens with zero attached hydrogens (tertiary/aromatic N) is 3. The van der Waals surface area contributed by atoms with Gasteiger partial charge in [-0.3, -0.25) is 14.9 Å². The fourth-order valence-corrected chi connectivity index (χ4v) is 4.79. The van der Waals surface area contributed by atoms with Gasteiger partial charge in [0.15, 0.2) is 5.78 Å². The number of allylic oxidation sites excluding steroid dienone is 1. The molecule has 190 valence electrons. The van der Waals surface area contributed by atoms with Crippen molar-refractivity contribution in [1.29, 1.82) is 5.26 Å². The fourth-order valence-electron chi connectivity index (χ4n) is 3.61. The van der Waals surface area contributed by atoms with E-state index in [1.54, 1.807) is 55.8 Å². The Kier molecular flexibility index (Phi) is 8.71. The topological polar surface area (TPSA) is 142 Å². The molecule has 0 saturated carbocycles. The Morgan fingerprint density at radius 3 is 2.35 bits per heavy atom. The fraction of sp³-hybridized carbons (Fsp3) is 0.231. The van der Waals surface area contributed by atoms with Crippen molar-refractivity contribution >= 4 is 40.8 Å². The van der Waals surface area contributed by atoms with Gasteiger partial charge in [0.2, 0.25) is 0 Å². The molecule has 0 radical (unpaired) electrons. The predicted octanol–water partition coefficient (Wildman–Crippen LogP) is 4.83. The maximum atomic E-state index is 13.1. The number of ketones is 1. The number of nitro groups is 1. The minimum absolute atomic E-state index is 0.0632. The van der Waals surface area contributed by atoms with E-state index in [-0.39, 0.29) is 41.3 Å². The van der Waals surface area contributed by atoms with Gasteiger partial charge in [-0.15, -0.1) is 11.3 Å². The van der Waals surface area contributed by atoms with Gasteiger partial charge < -0.3 is 14.0 Å². The summed E-state index contributed by atoms with van der Waals surface area (Å²) >= 11 is 0.963. The number of benzene rings is 1. The highest BCUT2D eigenvalue weighted by atomic mass is 32.1. The number of hydrogen-bond donors (Lipinski definition) is 0. The summed E-state index contributed by atoms with van der Waals surface area (Å²) in [5, 5.41) is 20.7. The molecule has 3 aromatic rings. The Morgan fingerprint density at radius 2 is 1.76 bits per heavy atom. The van der Waals surface area contributed by atoms with Crippen LogP contribution in [0.25, 0.3) is 11.8 Å². The Morgan fingerprint density at radius 1 is 1.11 bits per heavy atom. The van der Waals surface area contributed by atoms with Gasteiger partial charge in [-0.2, -0.15) is 5.26 Å². The minimum Gasteiger partial charge on any atom is -0.462 e. The smallest absolute Gasteiger partial charge is 0.348 e. The molecule has 0 N–H and O–H groups in total. The molecule has 0 unspecified atom stereocenters. The predicted molar refractivity (Wildman–Crippen MR) is 136 cm³/mol. The number of Topliss-reactive ketones (excluding diaryl/α,β-unsaturated/α-hetero) is 1. The van der Waals surface area contributed by atoms with E-state index >= 15 is 0 Å². The first-order chi connectivity index (χ1) is 17.7. The summed E-state index contributed by atoms with van der Waals surface area (Å²) in [7, 11) is 0. The molecule has 0 aliphatic rings. The number of carbonyl (C=O) groups is 3. The van der Waals surface area contributed by atoms with Crippen LogP contribution < -0.4 is 0 Å². The van der Waals surface area contributed by atoms with E-state index in [4.69, 9.17) is 9.47 Å². The molecule has 0 bridgehead atoms. The SMILES string of the molecule is CCOC(=O)c1sc(CC(=O)/C(C#N)=C/c2cccn2-c2ccc([N+](=O)[O-])cc2)c(C(=O)OCC)c1C. The van der Waals surface area contributed by atoms with Crippen LogP contribution in [0.2, 0.25) is 0 Å². The molecule has 11 heteroatoms. The van der Waals surface area contributed by atoms with Gasteiger partial charge in [0.1, 0.15) is 10.9 Å². The second kappa shape index (κ2) is 11.9. The van der Waals surface area contributed by atoms with Gasteiger partial charge in [-0.05, 0) is 56.7 Å². The van der Waals surface area contributed by atoms with Crippen molar-refractivity contribution in [2.75, 3.05) is 13.2 Å². The van der Waals surface area contributed by atoms with Crippen LogP contribution in [0.1, 0.15) is 50.0 Å². The number of rotatable bonds is 10. The lowest BCUT2D eigenvalue weighted by molar-refractivity contribution is -0.384. The first kappa shape index (κ1) is 27.0. The third-order valence-electron chi connectivity index (χ3n) is 5.31. The summed E-state index contributed by atoms with van der Waals surface area (Å²) in [5.74, 6) is -1.82. The summed E-state index contributed by atoms with van der Waals surface area (Å²) < 4.78 is 11.9. The van der Waals surface area contributed by atoms with Crippen LogP contribution in [0.3, 0.4) is 0 Å². The van der Waals surface area contributed by atoms with E-state index in [0.29, 0.717) is 21.8 Å². The number of nitro benzene ring substituents is 1. The standard InChI is InChI=1S/C26H23N3O7S/c1-4-35-25(31)23-16(3)24(26(32)36-5-2)37-22(23)14-21(30)17(15-27)13-20-7-6-12-28(20)18-8-10-19(11-9-18)29(33)34/h6-13H,4-5,14H2,1-3H3/b17-13+. The Hall–Kier alpha value is -4.56. The number of esters is 2. The van der Waals surface area contributed by atoms with Crippen LogP contribution in [0.15, 0.2) is 48.2 Å². The largest absolute Gasteiger partial charge is 0.462 e. The molecule has 37 heavy (non-hydrogen) atoms. The summed E-state index contributed by atoms with van der Waals surface area (Å²) in [4.78, 5) is 49.1. The van der Waals surface area contributed by atoms with Crippen molar-refractivity contribution in [3.63, 3.8) is 0 Å². The van der Waals surface area contributed by atoms with E-state index in [1.165, 1.54) is 18.2 Å². The molecular formula is C26H23N3O7S. The Labute approximate surface area is 216 Å². The molecule has 2 heterocycles. The second-order valence-corrected chi connectivity index (χ2v) is 8.75. The van der Waals surface area contributed by atoms with Gasteiger partial charge in [-0.25, -0.2) is 9.59 Å². The van der Waals surface area contributed by atoms with Crippen LogP contribution in [0.5, 0.6) is 0 Å². The van der Waals surface area contributed by atoms with E-state index in [2.05, 4.69) is 0 Å². The summed E-state index contributed by atoms with van der Waals surface area (Å²) in [6, 6.07) is 11.1. The Bertz CT molecular complexity index is 1430. The lowest BCUT2D eigenvalue weighted by Crippen LogP contribution is -2.12. The highest BCUT2D eigenvalue weighted by Crippen LogP contribution is 2.31. The molecule has 0 spiro atoms. The number of non-ortho nitro benzene ring substituents is 1. The molecule has 0 atom stereocenters. The zero-order valence-corrected chi connectivity index (χ0v) is 21.2. The summed E-state index contributed by atoms with van der Waals surface area (Å²) in [6.07, 6.45) is 2.80. The monoisotopic (exact) mass is 521 g/mol. The average Bonchev–Trinajstić information content (AvgIpc) is 3.46. The maximum Gasteiger partial charge on any atom is 0.348 e. The van der Waals surface area contributed by atoms with Crippen LogP contribution in [-0.4, -0.2) is 40.4 Å². The average molecular weight is 522 g/mol. The quantitative estimate of drug-likeness (QED) is 0.121. The number of hydrogen-bond acceptors (Lipinski definition) is 9. The van der Waals surface area contributed by atoms with Crippen molar-refractivity contribution in [1.82, 2.24) is 4.57 Å². The van der Waals surface area contributed by atoms with E-state index in [9.17, 15) is 29.8 Å². The maximum absolute atomic E-state index is 13.1. The third-order valence-corrected chi connectivity index (χ3v) is 6.59. The Balaban J connectivity index is 1.95. The summed E-state index contributed by atoms with van der Waals surface area (Å²) in [5.41, 5.74) is 1.35. The zero-order valence-electron chi connectivity index (χ0n) is 20.3. The van der Waals surface area contributed by atoms with Gasteiger partial charge >= 0.3 is 11.9 Å². The van der Waals surface area contributed by atoms with Crippen molar-refractivity contribution < 1.29 is 28.8 Å². The molecular weight excluding hydrogens is 498 g/mol. The molecule has 1 aromatic carbocycles. The highest BCUT2D eigenvalue weighted by molar-refractivity contribution is 7.14. The van der Waals surface area contributed by atoms with E-state index in [0.717, 1.165) is 11.3 Å². The lowest BCUT2D eigenvalue weighted by Gasteiger charge is -2.07. The van der Waals surface area contributed by atoms with Gasteiger partial charge in [0.25, 0.3) is 5.69 Å². The van der Waals surface area contributed by atoms with Crippen molar-refractivity contribution in [3.8, 4) is 11.8 Å². The minimum atomic E-state index is -0.663. The number of ether oxygens (including phenoxy) is 2. The zero-order chi connectivity index (χ0) is 27.1. The molecule has 2 aromatic heterocycles. The van der Waals surface area contributed by atoms with Crippen molar-refractivity contribution in [2.45, 2.75) is 27.2 Å². The molecule has 0 aliphatic carbocycles. The third kappa shape index (κ3) is 5.99. The first-order valence-electron chi connectivity index (χ1n) is 11.2. The molecule has 3 rings (SSSR count). The second-order valence-electron chi connectivity index (χ2n) is 7.64. The number of carbonyl (C=O) groups excluding carboxylic acids is 3. The number of thiophene rings is 1. The van der Waals surface area contributed by atoms with Crippen LogP contribution in [0.4, 0.5) is 5.69 Å². The molecule has 0 fully saturated rings. The van der Waals surface area contributed by atoms with Crippen LogP contribution in [-0.2, 0) is 20.7 Å². The van der Waals surface area contributed by atoms with Gasteiger partial charge in [0, 0.05) is 41.0 Å². The van der Waals surface area contributed by atoms with E-state index in [1.807, 2.05) is 6.07 Å². The highest BCUT2D eigenvalue weighted by Gasteiger charge is 2.28. The molecule has 10 nitrogen and oxygen atoms in total. The summed E-state index contributed by atoms with van der Waals surface area (Å²) in [6.45, 7) is 5.15. The van der Waals surface area contributed by atoms with E-state index < -0.39 is 22.6 Å². The van der Waals surface area contributed by atoms with Gasteiger partial charge in [-0.1, -0.05) is 0 Å². The molecule has 0 amide bonds. The van der Waals surface area contributed by atoms with Crippen LogP contribution in [0, 0.1) is 28.4 Å². The van der Waals surface area contributed by atoms with Crippen molar-refractivity contribution in [2.24, 2.45) is 0 Å². The van der Waals surface area contributed by atoms with Gasteiger partial charge in [0.05, 0.1) is 29.3 Å². The number of nitriles is 1. The lowest BCUT2D eigenvalue weighted by atomic mass is 10.0. The molecule has 0 aliphatic heterocycles. The normalized spacial score (nSPS) is 11.0. The molecule has 0 saturated heterocycles.